The summed E-state index contributed by atoms with van der Waals surface area (Å²) in [5.74, 6) is 0.0744. The van der Waals surface area contributed by atoms with Gasteiger partial charge in [0, 0.05) is 18.2 Å². The van der Waals surface area contributed by atoms with Crippen LogP contribution in [0.25, 0.3) is 0 Å². The van der Waals surface area contributed by atoms with Gasteiger partial charge in [-0.1, -0.05) is 13.0 Å². The summed E-state index contributed by atoms with van der Waals surface area (Å²) in [6.45, 7) is 5.44. The van der Waals surface area contributed by atoms with Gasteiger partial charge in [-0.15, -0.1) is 0 Å². The maximum absolute atomic E-state index is 11.6. The number of carbonyl (C=O) groups excluding carboxylic acids is 2. The van der Waals surface area contributed by atoms with Crippen molar-refractivity contribution >= 4 is 17.6 Å². The lowest BCUT2D eigenvalue weighted by Crippen LogP contribution is -2.25. The highest BCUT2D eigenvalue weighted by atomic mass is 16.6. The molecule has 5 heteroatoms. The summed E-state index contributed by atoms with van der Waals surface area (Å²) in [6, 6.07) is 5.35. The number of ether oxygens (including phenoxy) is 2. The fourth-order valence-corrected chi connectivity index (χ4v) is 1.66. The molecule has 0 bridgehead atoms. The predicted octanol–water partition coefficient (Wildman–Crippen LogP) is 2.67. The molecule has 0 spiro atoms. The van der Waals surface area contributed by atoms with Crippen LogP contribution >= 0.6 is 0 Å². The Hall–Kier alpha value is -2.04. The number of hydrogen-bond acceptors (Lipinski definition) is 4. The lowest BCUT2D eigenvalue weighted by molar-refractivity contribution is -0.147. The summed E-state index contributed by atoms with van der Waals surface area (Å²) >= 11 is 0. The molecule has 0 saturated carbocycles. The van der Waals surface area contributed by atoms with E-state index < -0.39 is 12.1 Å². The third-order valence-corrected chi connectivity index (χ3v) is 2.79. The molecule has 110 valence electrons. The zero-order valence-electron chi connectivity index (χ0n) is 12.4. The number of methoxy groups -OCH3 is 1. The van der Waals surface area contributed by atoms with Crippen LogP contribution in [0.1, 0.15) is 32.3 Å². The van der Waals surface area contributed by atoms with Crippen LogP contribution in [0, 0.1) is 6.92 Å². The van der Waals surface area contributed by atoms with Crippen molar-refractivity contribution in [3.8, 4) is 5.75 Å². The number of aryl methyl sites for hydroxylation is 1. The molecule has 0 aliphatic rings. The van der Waals surface area contributed by atoms with E-state index in [1.54, 1.807) is 19.1 Å². The monoisotopic (exact) mass is 279 g/mol. The van der Waals surface area contributed by atoms with Gasteiger partial charge >= 0.3 is 5.97 Å². The van der Waals surface area contributed by atoms with Crippen molar-refractivity contribution in [1.82, 2.24) is 0 Å². The molecule has 0 aromatic heterocycles. The molecule has 1 amide bonds. The summed E-state index contributed by atoms with van der Waals surface area (Å²) in [6.07, 6.45) is 0.573. The first-order valence-electron chi connectivity index (χ1n) is 6.63. The zero-order valence-corrected chi connectivity index (χ0v) is 12.4. The number of benzene rings is 1. The summed E-state index contributed by atoms with van der Waals surface area (Å²) in [5, 5.41) is 2.79. The highest BCUT2D eigenvalue weighted by Crippen LogP contribution is 2.24. The van der Waals surface area contributed by atoms with Crippen molar-refractivity contribution in [2.24, 2.45) is 0 Å². The molecular weight excluding hydrogens is 258 g/mol. The minimum absolute atomic E-state index is 0.0386. The Bertz CT molecular complexity index is 485. The molecule has 1 aromatic rings. The van der Waals surface area contributed by atoms with Crippen molar-refractivity contribution in [3.63, 3.8) is 0 Å². The normalized spacial score (nSPS) is 11.6. The Balaban J connectivity index is 2.81. The first-order valence-corrected chi connectivity index (χ1v) is 6.63. The third kappa shape index (κ3) is 4.57. The predicted molar refractivity (Wildman–Crippen MR) is 76.8 cm³/mol. The maximum Gasteiger partial charge on any atom is 0.346 e. The van der Waals surface area contributed by atoms with Crippen LogP contribution in [0.15, 0.2) is 18.2 Å². The summed E-state index contributed by atoms with van der Waals surface area (Å²) < 4.78 is 10.2. The van der Waals surface area contributed by atoms with E-state index in [4.69, 9.17) is 4.74 Å². The summed E-state index contributed by atoms with van der Waals surface area (Å²) in [7, 11) is 1.32. The van der Waals surface area contributed by atoms with E-state index in [1.165, 1.54) is 7.11 Å². The van der Waals surface area contributed by atoms with Crippen molar-refractivity contribution in [2.45, 2.75) is 39.7 Å². The van der Waals surface area contributed by atoms with Gasteiger partial charge in [0.1, 0.15) is 5.75 Å². The zero-order chi connectivity index (χ0) is 15.1. The maximum atomic E-state index is 11.6. The van der Waals surface area contributed by atoms with Gasteiger partial charge < -0.3 is 14.8 Å². The molecule has 5 nitrogen and oxygen atoms in total. The molecule has 1 N–H and O–H groups in total. The molecule has 0 aliphatic heterocycles. The molecule has 0 saturated heterocycles. The Morgan fingerprint density at radius 3 is 2.65 bits per heavy atom. The molecule has 1 rings (SSSR count). The van der Waals surface area contributed by atoms with Gasteiger partial charge in [-0.25, -0.2) is 4.79 Å². The van der Waals surface area contributed by atoms with Crippen LogP contribution in [0.5, 0.6) is 5.75 Å². The number of nitrogens with one attached hydrogen (secondary N) is 1. The Labute approximate surface area is 119 Å². The largest absolute Gasteiger partial charge is 0.479 e. The van der Waals surface area contributed by atoms with Crippen LogP contribution < -0.4 is 10.1 Å². The van der Waals surface area contributed by atoms with E-state index >= 15 is 0 Å². The minimum Gasteiger partial charge on any atom is -0.479 e. The van der Waals surface area contributed by atoms with E-state index in [9.17, 15) is 9.59 Å². The van der Waals surface area contributed by atoms with Crippen LogP contribution in [-0.2, 0) is 14.3 Å². The Kier molecular flexibility index (Phi) is 6.03. The fraction of sp³-hybridized carbons (Fsp3) is 0.467. The van der Waals surface area contributed by atoms with Gasteiger partial charge in [-0.05, 0) is 31.9 Å². The van der Waals surface area contributed by atoms with E-state index in [2.05, 4.69) is 10.1 Å². The van der Waals surface area contributed by atoms with Gasteiger partial charge in [0.05, 0.1) is 7.11 Å². The highest BCUT2D eigenvalue weighted by Gasteiger charge is 2.16. The number of amides is 1. The van der Waals surface area contributed by atoms with Gasteiger partial charge in [-0.3, -0.25) is 4.79 Å². The molecule has 1 unspecified atom stereocenters. The first kappa shape index (κ1) is 16.0. The molecule has 1 aromatic carbocycles. The Morgan fingerprint density at radius 2 is 2.05 bits per heavy atom. The lowest BCUT2D eigenvalue weighted by atomic mass is 10.2. The average Bonchev–Trinajstić information content (AvgIpc) is 2.41. The second-order valence-corrected chi connectivity index (χ2v) is 4.56. The molecule has 1 atom stereocenters. The number of carbonyl (C=O) groups is 2. The van der Waals surface area contributed by atoms with Crippen LogP contribution in [0.3, 0.4) is 0 Å². The van der Waals surface area contributed by atoms with Crippen LogP contribution in [0.2, 0.25) is 0 Å². The average molecular weight is 279 g/mol. The molecule has 0 aliphatic carbocycles. The Morgan fingerprint density at radius 1 is 1.35 bits per heavy atom. The highest BCUT2D eigenvalue weighted by molar-refractivity contribution is 5.90. The quantitative estimate of drug-likeness (QED) is 0.813. The number of esters is 1. The molecule has 0 fully saturated rings. The molecular formula is C15H21NO4. The number of rotatable bonds is 6. The number of hydrogen-bond donors (Lipinski definition) is 1. The number of anilines is 1. The first-order chi connectivity index (χ1) is 9.47. The van der Waals surface area contributed by atoms with Crippen molar-refractivity contribution in [2.75, 3.05) is 12.4 Å². The van der Waals surface area contributed by atoms with E-state index in [-0.39, 0.29) is 5.91 Å². The third-order valence-electron chi connectivity index (χ3n) is 2.79. The van der Waals surface area contributed by atoms with Crippen molar-refractivity contribution in [3.05, 3.63) is 23.8 Å². The lowest BCUT2D eigenvalue weighted by Gasteiger charge is -2.15. The topological polar surface area (TPSA) is 64.6 Å². The summed E-state index contributed by atoms with van der Waals surface area (Å²) in [5.41, 5.74) is 1.54. The van der Waals surface area contributed by atoms with E-state index in [0.29, 0.717) is 17.9 Å². The fourth-order valence-electron chi connectivity index (χ4n) is 1.66. The van der Waals surface area contributed by atoms with Crippen molar-refractivity contribution in [1.29, 1.82) is 0 Å². The van der Waals surface area contributed by atoms with Gasteiger partial charge in [0.25, 0.3) is 0 Å². The van der Waals surface area contributed by atoms with Crippen LogP contribution in [-0.4, -0.2) is 25.1 Å². The van der Waals surface area contributed by atoms with Crippen molar-refractivity contribution < 1.29 is 19.1 Å². The smallest absolute Gasteiger partial charge is 0.346 e. The van der Waals surface area contributed by atoms with Gasteiger partial charge in [0.2, 0.25) is 5.91 Å². The second-order valence-electron chi connectivity index (χ2n) is 4.56. The van der Waals surface area contributed by atoms with E-state index in [1.807, 2.05) is 19.9 Å². The molecule has 20 heavy (non-hydrogen) atoms. The standard InChI is InChI=1S/C15H21NO4/c1-5-6-14(17)16-12-8-7-10(2)13(9-12)20-11(3)15(18)19-4/h7-9,11H,5-6H2,1-4H3,(H,16,17). The van der Waals surface area contributed by atoms with Crippen LogP contribution in [0.4, 0.5) is 5.69 Å². The SMILES string of the molecule is CCCC(=O)Nc1ccc(C)c(OC(C)C(=O)OC)c1. The molecule has 0 radical (unpaired) electrons. The minimum atomic E-state index is -0.694. The van der Waals surface area contributed by atoms with E-state index in [0.717, 1.165) is 12.0 Å². The van der Waals surface area contributed by atoms with Gasteiger partial charge in [0.15, 0.2) is 6.10 Å². The second kappa shape index (κ2) is 7.53. The van der Waals surface area contributed by atoms with Gasteiger partial charge in [-0.2, -0.15) is 0 Å². The molecule has 0 heterocycles. The summed E-state index contributed by atoms with van der Waals surface area (Å²) in [4.78, 5) is 22.9.